The molecule has 0 radical (unpaired) electrons. The van der Waals surface area contributed by atoms with Crippen LogP contribution >= 0.6 is 0 Å². The van der Waals surface area contributed by atoms with Gasteiger partial charge in [0, 0.05) is 26.7 Å². The number of fused-ring (bicyclic) bond motifs is 1. The van der Waals surface area contributed by atoms with Crippen LogP contribution in [0, 0.1) is 0 Å². The first-order valence-corrected chi connectivity index (χ1v) is 8.84. The average molecular weight is 333 g/mol. The summed E-state index contributed by atoms with van der Waals surface area (Å²) in [6.45, 7) is 6.87. The van der Waals surface area contributed by atoms with Gasteiger partial charge in [-0.05, 0) is 32.7 Å². The molecule has 0 spiro atoms. The minimum absolute atomic E-state index is 0.257. The second kappa shape index (κ2) is 6.55. The summed E-state index contributed by atoms with van der Waals surface area (Å²) in [5.41, 5.74) is 0.454. The van der Waals surface area contributed by atoms with Crippen LogP contribution in [0.4, 0.5) is 0 Å². The molecule has 2 aromatic heterocycles. The zero-order valence-corrected chi connectivity index (χ0v) is 15.1. The molecule has 1 saturated heterocycles. The fraction of sp³-hybridized carbons (Fsp3) is 0.706. The van der Waals surface area contributed by atoms with Crippen molar-refractivity contribution in [2.24, 2.45) is 14.1 Å². The Kier molecular flexibility index (Phi) is 4.62. The number of piperidine rings is 1. The quantitative estimate of drug-likeness (QED) is 0.844. The van der Waals surface area contributed by atoms with Crippen molar-refractivity contribution < 1.29 is 0 Å². The smallest absolute Gasteiger partial charge is 0.321 e. The number of hydrogen-bond acceptors (Lipinski definition) is 4. The van der Waals surface area contributed by atoms with Gasteiger partial charge in [-0.25, -0.2) is 9.78 Å². The van der Waals surface area contributed by atoms with Crippen molar-refractivity contribution in [3.63, 3.8) is 0 Å². The molecule has 132 valence electrons. The van der Waals surface area contributed by atoms with Gasteiger partial charge in [-0.15, -0.1) is 0 Å². The third-order valence-electron chi connectivity index (χ3n) is 5.16. The maximum atomic E-state index is 12.6. The van der Waals surface area contributed by atoms with Crippen LogP contribution in [0.2, 0.25) is 0 Å². The lowest BCUT2D eigenvalue weighted by Crippen LogP contribution is -2.38. The zero-order chi connectivity index (χ0) is 17.4. The van der Waals surface area contributed by atoms with Crippen molar-refractivity contribution >= 4 is 11.2 Å². The van der Waals surface area contributed by atoms with Gasteiger partial charge in [-0.1, -0.05) is 13.3 Å². The topological polar surface area (TPSA) is 65.1 Å². The number of likely N-dealkylation sites (tertiary alicyclic amines) is 1. The fourth-order valence-electron chi connectivity index (χ4n) is 3.65. The highest BCUT2D eigenvalue weighted by atomic mass is 16.2. The molecule has 0 unspecified atom stereocenters. The van der Waals surface area contributed by atoms with Crippen molar-refractivity contribution in [3.05, 3.63) is 26.7 Å². The Balaban J connectivity index is 2.15. The summed E-state index contributed by atoms with van der Waals surface area (Å²) in [5, 5.41) is 0. The highest BCUT2D eigenvalue weighted by Gasteiger charge is 2.23. The van der Waals surface area contributed by atoms with Gasteiger partial charge < -0.3 is 4.57 Å². The molecular weight excluding hydrogens is 306 g/mol. The van der Waals surface area contributed by atoms with Crippen molar-refractivity contribution in [3.8, 4) is 0 Å². The summed E-state index contributed by atoms with van der Waals surface area (Å²) in [4.78, 5) is 32.0. The van der Waals surface area contributed by atoms with E-state index in [0.717, 1.165) is 31.9 Å². The molecule has 1 aliphatic rings. The second-order valence-corrected chi connectivity index (χ2v) is 6.87. The monoisotopic (exact) mass is 333 g/mol. The molecule has 3 rings (SSSR count). The van der Waals surface area contributed by atoms with E-state index >= 15 is 0 Å². The molecular formula is C17H27N5O2. The highest BCUT2D eigenvalue weighted by Crippen LogP contribution is 2.20. The highest BCUT2D eigenvalue weighted by molar-refractivity contribution is 5.71. The van der Waals surface area contributed by atoms with E-state index in [9.17, 15) is 9.59 Å². The van der Waals surface area contributed by atoms with Gasteiger partial charge in [-0.3, -0.25) is 18.8 Å². The molecule has 7 heteroatoms. The fourth-order valence-corrected chi connectivity index (χ4v) is 3.65. The van der Waals surface area contributed by atoms with E-state index in [2.05, 4.69) is 18.7 Å². The molecule has 24 heavy (non-hydrogen) atoms. The van der Waals surface area contributed by atoms with Gasteiger partial charge in [0.1, 0.15) is 5.82 Å². The van der Waals surface area contributed by atoms with E-state index in [0.29, 0.717) is 17.2 Å². The molecule has 0 amide bonds. The van der Waals surface area contributed by atoms with Crippen LogP contribution in [0.15, 0.2) is 9.59 Å². The average Bonchev–Trinajstić information content (AvgIpc) is 2.92. The van der Waals surface area contributed by atoms with Crippen molar-refractivity contribution in [2.45, 2.75) is 58.7 Å². The van der Waals surface area contributed by atoms with Gasteiger partial charge >= 0.3 is 5.69 Å². The van der Waals surface area contributed by atoms with Crippen molar-refractivity contribution in [2.75, 3.05) is 6.54 Å². The van der Waals surface area contributed by atoms with Crippen LogP contribution in [-0.2, 0) is 27.2 Å². The van der Waals surface area contributed by atoms with Gasteiger partial charge in [-0.2, -0.15) is 0 Å². The minimum atomic E-state index is -0.327. The Morgan fingerprint density at radius 3 is 2.58 bits per heavy atom. The Morgan fingerprint density at radius 1 is 1.17 bits per heavy atom. The second-order valence-electron chi connectivity index (χ2n) is 6.87. The van der Waals surface area contributed by atoms with Crippen LogP contribution in [0.25, 0.3) is 11.2 Å². The molecule has 0 aromatic carbocycles. The van der Waals surface area contributed by atoms with Gasteiger partial charge in [0.2, 0.25) is 0 Å². The molecule has 2 aromatic rings. The van der Waals surface area contributed by atoms with Crippen LogP contribution in [0.5, 0.6) is 0 Å². The van der Waals surface area contributed by atoms with Crippen molar-refractivity contribution in [1.29, 1.82) is 0 Å². The summed E-state index contributed by atoms with van der Waals surface area (Å²) in [6, 6.07) is 0.528. The lowest BCUT2D eigenvalue weighted by Gasteiger charge is -2.33. The molecule has 0 aliphatic carbocycles. The van der Waals surface area contributed by atoms with Crippen LogP contribution < -0.4 is 11.2 Å². The van der Waals surface area contributed by atoms with E-state index in [4.69, 9.17) is 4.98 Å². The summed E-state index contributed by atoms with van der Waals surface area (Å²) in [6.07, 6.45) is 4.60. The Labute approximate surface area is 141 Å². The molecule has 7 nitrogen and oxygen atoms in total. The normalized spacial score (nSPS) is 19.2. The third kappa shape index (κ3) is 2.70. The number of aromatic nitrogens is 4. The third-order valence-corrected chi connectivity index (χ3v) is 5.16. The number of imidazole rings is 1. The number of hydrogen-bond donors (Lipinski definition) is 0. The predicted octanol–water partition coefficient (Wildman–Crippen LogP) is 1.22. The van der Waals surface area contributed by atoms with E-state index < -0.39 is 0 Å². The van der Waals surface area contributed by atoms with E-state index in [1.54, 1.807) is 7.05 Å². The maximum absolute atomic E-state index is 12.6. The van der Waals surface area contributed by atoms with Gasteiger partial charge in [0.05, 0.1) is 6.54 Å². The predicted molar refractivity (Wildman–Crippen MR) is 94.2 cm³/mol. The summed E-state index contributed by atoms with van der Waals surface area (Å²) in [7, 11) is 3.21. The first-order valence-electron chi connectivity index (χ1n) is 8.84. The SMILES string of the molecule is CCCn1c(CN2CCCC[C@@H]2C)nc2c1c(=O)n(C)c(=O)n2C. The molecule has 1 atom stereocenters. The Morgan fingerprint density at radius 2 is 1.92 bits per heavy atom. The lowest BCUT2D eigenvalue weighted by molar-refractivity contribution is 0.147. The maximum Gasteiger partial charge on any atom is 0.332 e. The summed E-state index contributed by atoms with van der Waals surface area (Å²) < 4.78 is 4.66. The standard InChI is InChI=1S/C17H27N5O2/c1-5-9-22-13(11-21-10-7-6-8-12(21)2)18-15-14(22)16(23)20(4)17(24)19(15)3/h12H,5-11H2,1-4H3/t12-/m0/s1. The first-order chi connectivity index (χ1) is 11.5. The number of nitrogens with zero attached hydrogens (tertiary/aromatic N) is 5. The largest absolute Gasteiger partial charge is 0.332 e. The molecule has 0 bridgehead atoms. The summed E-state index contributed by atoms with van der Waals surface area (Å²) in [5.74, 6) is 0.888. The first kappa shape index (κ1) is 17.0. The number of aryl methyl sites for hydroxylation is 2. The molecule has 3 heterocycles. The van der Waals surface area contributed by atoms with Crippen LogP contribution in [-0.4, -0.2) is 36.2 Å². The van der Waals surface area contributed by atoms with Crippen molar-refractivity contribution in [1.82, 2.24) is 23.6 Å². The molecule has 1 aliphatic heterocycles. The summed E-state index contributed by atoms with van der Waals surface area (Å²) >= 11 is 0. The van der Waals surface area contributed by atoms with Crippen LogP contribution in [0.3, 0.4) is 0 Å². The van der Waals surface area contributed by atoms with Crippen LogP contribution in [0.1, 0.15) is 45.4 Å². The minimum Gasteiger partial charge on any atom is -0.321 e. The van der Waals surface area contributed by atoms with Gasteiger partial charge in [0.15, 0.2) is 11.2 Å². The molecule has 0 N–H and O–H groups in total. The number of rotatable bonds is 4. The van der Waals surface area contributed by atoms with E-state index in [1.807, 2.05) is 4.57 Å². The molecule has 0 saturated carbocycles. The molecule has 1 fully saturated rings. The Bertz CT molecular complexity index is 860. The van der Waals surface area contributed by atoms with E-state index in [-0.39, 0.29) is 11.2 Å². The Hall–Kier alpha value is -1.89. The van der Waals surface area contributed by atoms with Gasteiger partial charge in [0.25, 0.3) is 5.56 Å². The zero-order valence-electron chi connectivity index (χ0n) is 15.1. The van der Waals surface area contributed by atoms with E-state index in [1.165, 1.54) is 35.4 Å². The lowest BCUT2D eigenvalue weighted by atomic mass is 10.0.